The van der Waals surface area contributed by atoms with Crippen LogP contribution < -0.4 is 5.32 Å². The number of nitrogens with one attached hydrogen (secondary N) is 2. The summed E-state index contributed by atoms with van der Waals surface area (Å²) in [5, 5.41) is 10.6. The Hall–Kier alpha value is -2.29. The van der Waals surface area contributed by atoms with Gasteiger partial charge in [-0.2, -0.15) is 5.10 Å². The van der Waals surface area contributed by atoms with E-state index in [0.29, 0.717) is 19.0 Å². The van der Waals surface area contributed by atoms with E-state index >= 15 is 0 Å². The molecule has 0 unspecified atom stereocenters. The molecule has 1 atom stereocenters. The molecule has 8 heteroatoms. The van der Waals surface area contributed by atoms with Gasteiger partial charge in [-0.05, 0) is 31.0 Å². The lowest BCUT2D eigenvalue weighted by molar-refractivity contribution is -0.122. The first-order valence-electron chi connectivity index (χ1n) is 10.5. The maximum Gasteiger partial charge on any atom is 0.234 e. The summed E-state index contributed by atoms with van der Waals surface area (Å²) in [6.45, 7) is 7.27. The number of nitrogens with zero attached hydrogens (tertiary/aromatic N) is 4. The van der Waals surface area contributed by atoms with Gasteiger partial charge < -0.3 is 10.1 Å². The zero-order chi connectivity index (χ0) is 19.9. The van der Waals surface area contributed by atoms with Crippen molar-refractivity contribution in [3.8, 4) is 0 Å². The van der Waals surface area contributed by atoms with Gasteiger partial charge in [-0.25, -0.2) is 0 Å². The Bertz CT molecular complexity index is 774. The fourth-order valence-electron chi connectivity index (χ4n) is 4.20. The van der Waals surface area contributed by atoms with Crippen molar-refractivity contribution in [2.45, 2.75) is 31.8 Å². The Morgan fingerprint density at radius 1 is 1.24 bits per heavy atom. The Balaban J connectivity index is 1.29. The summed E-state index contributed by atoms with van der Waals surface area (Å²) in [7, 11) is 0. The maximum atomic E-state index is 12.4. The van der Waals surface area contributed by atoms with Gasteiger partial charge in [-0.3, -0.25) is 24.7 Å². The highest BCUT2D eigenvalue weighted by Gasteiger charge is 2.26. The lowest BCUT2D eigenvalue weighted by Gasteiger charge is -2.33. The average Bonchev–Trinajstić information content (AvgIpc) is 3.22. The van der Waals surface area contributed by atoms with Crippen LogP contribution in [0.1, 0.15) is 35.6 Å². The molecule has 4 heterocycles. The molecule has 2 aliphatic heterocycles. The molecule has 2 N–H and O–H groups in total. The largest absolute Gasteiger partial charge is 0.379 e. The van der Waals surface area contributed by atoms with Crippen molar-refractivity contribution < 1.29 is 9.53 Å². The fraction of sp³-hybridized carbons (Fsp3) is 0.571. The molecule has 2 aromatic rings. The summed E-state index contributed by atoms with van der Waals surface area (Å²) in [5.74, 6) is 0.459. The molecule has 0 bridgehead atoms. The van der Waals surface area contributed by atoms with Gasteiger partial charge in [0, 0.05) is 62.3 Å². The standard InChI is InChI=1S/C21H30N6O2/c28-20(23-12-17-3-1-5-22-11-17)16-27-6-2-4-18(14-27)21-19(13-24-25-21)15-26-7-9-29-10-8-26/h1,3,5,11,13,18H,2,4,6-10,12,14-16H2,(H,23,28)(H,24,25)/t18-/m1/s1. The second-order valence-electron chi connectivity index (χ2n) is 7.91. The zero-order valence-corrected chi connectivity index (χ0v) is 16.8. The normalized spacial score (nSPS) is 21.2. The number of H-pyrrole nitrogens is 1. The lowest BCUT2D eigenvalue weighted by Crippen LogP contribution is -2.42. The summed E-state index contributed by atoms with van der Waals surface area (Å²) < 4.78 is 5.45. The van der Waals surface area contributed by atoms with Crippen molar-refractivity contribution in [1.29, 1.82) is 0 Å². The van der Waals surface area contributed by atoms with Gasteiger partial charge >= 0.3 is 0 Å². The smallest absolute Gasteiger partial charge is 0.234 e. The first-order chi connectivity index (χ1) is 14.3. The number of likely N-dealkylation sites (tertiary alicyclic amines) is 1. The Kier molecular flexibility index (Phi) is 6.87. The minimum absolute atomic E-state index is 0.0626. The first kappa shape index (κ1) is 20.0. The molecule has 2 aromatic heterocycles. The minimum atomic E-state index is 0.0626. The number of carbonyl (C=O) groups is 1. The van der Waals surface area contributed by atoms with Crippen LogP contribution in [0.25, 0.3) is 0 Å². The van der Waals surface area contributed by atoms with E-state index in [1.165, 1.54) is 11.3 Å². The minimum Gasteiger partial charge on any atom is -0.379 e. The van der Waals surface area contributed by atoms with Crippen LogP contribution in [0.3, 0.4) is 0 Å². The molecule has 2 aliphatic rings. The number of ether oxygens (including phenoxy) is 1. The maximum absolute atomic E-state index is 12.4. The van der Waals surface area contributed by atoms with Gasteiger partial charge in [0.05, 0.1) is 26.0 Å². The van der Waals surface area contributed by atoms with Crippen LogP contribution in [-0.4, -0.2) is 76.8 Å². The van der Waals surface area contributed by atoms with Crippen molar-refractivity contribution in [1.82, 2.24) is 30.3 Å². The fourth-order valence-corrected chi connectivity index (χ4v) is 4.20. The molecule has 0 saturated carbocycles. The molecule has 0 aliphatic carbocycles. The van der Waals surface area contributed by atoms with Gasteiger partial charge in [0.25, 0.3) is 0 Å². The number of morpholine rings is 1. The summed E-state index contributed by atoms with van der Waals surface area (Å²) >= 11 is 0. The molecule has 1 amide bonds. The van der Waals surface area contributed by atoms with Crippen LogP contribution in [0, 0.1) is 0 Å². The van der Waals surface area contributed by atoms with Crippen LogP contribution in [0.15, 0.2) is 30.7 Å². The van der Waals surface area contributed by atoms with Gasteiger partial charge in [-0.15, -0.1) is 0 Å². The highest BCUT2D eigenvalue weighted by atomic mass is 16.5. The van der Waals surface area contributed by atoms with Crippen molar-refractivity contribution in [2.24, 2.45) is 0 Å². The predicted octanol–water partition coefficient (Wildman–Crippen LogP) is 1.13. The predicted molar refractivity (Wildman–Crippen MR) is 109 cm³/mol. The number of amides is 1. The molecular formula is C21H30N6O2. The molecule has 0 spiro atoms. The number of pyridine rings is 1. The molecule has 0 aromatic carbocycles. The Morgan fingerprint density at radius 3 is 2.97 bits per heavy atom. The van der Waals surface area contributed by atoms with Gasteiger partial charge in [0.2, 0.25) is 5.91 Å². The van der Waals surface area contributed by atoms with E-state index in [0.717, 1.165) is 64.3 Å². The Labute approximate surface area is 171 Å². The SMILES string of the molecule is O=C(CN1CCC[C@@H](c2[nH]ncc2CN2CCOCC2)C1)NCc1cccnc1. The lowest BCUT2D eigenvalue weighted by atomic mass is 9.92. The monoisotopic (exact) mass is 398 g/mol. The molecule has 156 valence electrons. The molecule has 2 saturated heterocycles. The number of aromatic nitrogens is 3. The third-order valence-corrected chi connectivity index (χ3v) is 5.74. The van der Waals surface area contributed by atoms with Gasteiger partial charge in [-0.1, -0.05) is 6.07 Å². The van der Waals surface area contributed by atoms with E-state index in [1.54, 1.807) is 12.4 Å². The van der Waals surface area contributed by atoms with E-state index < -0.39 is 0 Å². The highest BCUT2D eigenvalue weighted by Crippen LogP contribution is 2.28. The third kappa shape index (κ3) is 5.62. The van der Waals surface area contributed by atoms with E-state index in [-0.39, 0.29) is 5.91 Å². The van der Waals surface area contributed by atoms with Crippen molar-refractivity contribution in [3.05, 3.63) is 47.5 Å². The topological polar surface area (TPSA) is 86.4 Å². The van der Waals surface area contributed by atoms with Crippen LogP contribution in [0.5, 0.6) is 0 Å². The average molecular weight is 399 g/mol. The van der Waals surface area contributed by atoms with E-state index in [1.807, 2.05) is 18.3 Å². The summed E-state index contributed by atoms with van der Waals surface area (Å²) in [4.78, 5) is 21.2. The van der Waals surface area contributed by atoms with Crippen LogP contribution in [-0.2, 0) is 22.6 Å². The van der Waals surface area contributed by atoms with Gasteiger partial charge in [0.15, 0.2) is 0 Å². The molecule has 0 radical (unpaired) electrons. The second kappa shape index (κ2) is 9.96. The number of aromatic amines is 1. The third-order valence-electron chi connectivity index (χ3n) is 5.74. The zero-order valence-electron chi connectivity index (χ0n) is 16.8. The Morgan fingerprint density at radius 2 is 2.14 bits per heavy atom. The molecule has 2 fully saturated rings. The second-order valence-corrected chi connectivity index (χ2v) is 7.91. The summed E-state index contributed by atoms with van der Waals surface area (Å²) in [5.41, 5.74) is 3.53. The highest BCUT2D eigenvalue weighted by molar-refractivity contribution is 5.78. The number of hydrogen-bond donors (Lipinski definition) is 2. The first-order valence-corrected chi connectivity index (χ1v) is 10.5. The van der Waals surface area contributed by atoms with Crippen molar-refractivity contribution in [3.63, 3.8) is 0 Å². The van der Waals surface area contributed by atoms with E-state index in [4.69, 9.17) is 4.74 Å². The summed E-state index contributed by atoms with van der Waals surface area (Å²) in [6.07, 6.45) is 7.71. The number of hydrogen-bond acceptors (Lipinski definition) is 6. The van der Waals surface area contributed by atoms with Crippen molar-refractivity contribution in [2.75, 3.05) is 45.9 Å². The number of carbonyl (C=O) groups excluding carboxylic acids is 1. The van der Waals surface area contributed by atoms with E-state index in [9.17, 15) is 4.79 Å². The summed E-state index contributed by atoms with van der Waals surface area (Å²) in [6, 6.07) is 3.86. The molecular weight excluding hydrogens is 368 g/mol. The molecule has 29 heavy (non-hydrogen) atoms. The van der Waals surface area contributed by atoms with Crippen molar-refractivity contribution >= 4 is 5.91 Å². The number of rotatable bonds is 7. The van der Waals surface area contributed by atoms with Crippen LogP contribution in [0.4, 0.5) is 0 Å². The van der Waals surface area contributed by atoms with E-state index in [2.05, 4.69) is 30.3 Å². The van der Waals surface area contributed by atoms with Crippen LogP contribution in [0.2, 0.25) is 0 Å². The van der Waals surface area contributed by atoms with Gasteiger partial charge in [0.1, 0.15) is 0 Å². The van der Waals surface area contributed by atoms with Crippen LogP contribution >= 0.6 is 0 Å². The molecule has 8 nitrogen and oxygen atoms in total. The quantitative estimate of drug-likeness (QED) is 0.727. The number of piperidine rings is 1. The molecule has 4 rings (SSSR count).